The van der Waals surface area contributed by atoms with Crippen molar-refractivity contribution in [1.29, 1.82) is 0 Å². The van der Waals surface area contributed by atoms with E-state index in [1.807, 2.05) is 17.0 Å². The molecule has 3 heterocycles. The van der Waals surface area contributed by atoms with Gasteiger partial charge in [-0.05, 0) is 24.6 Å². The SMILES string of the molecule is Cc1ccc(CN2C[C@H](c3nc(-c4ccncc4)no3)CC2=O)cc1. The fourth-order valence-electron chi connectivity index (χ4n) is 3.02. The number of nitrogens with zero attached hydrogens (tertiary/aromatic N) is 4. The number of amides is 1. The van der Waals surface area contributed by atoms with E-state index in [-0.39, 0.29) is 11.8 Å². The zero-order chi connectivity index (χ0) is 17.2. The van der Waals surface area contributed by atoms with E-state index in [1.165, 1.54) is 5.56 Å². The zero-order valence-corrected chi connectivity index (χ0v) is 13.9. The summed E-state index contributed by atoms with van der Waals surface area (Å²) >= 11 is 0. The average molecular weight is 334 g/mol. The molecule has 1 atom stereocenters. The summed E-state index contributed by atoms with van der Waals surface area (Å²) in [6.45, 7) is 3.27. The second kappa shape index (κ2) is 6.47. The molecule has 1 amide bonds. The van der Waals surface area contributed by atoms with Crippen LogP contribution in [0.3, 0.4) is 0 Å². The predicted molar refractivity (Wildman–Crippen MR) is 91.5 cm³/mol. The number of pyridine rings is 1. The Morgan fingerprint density at radius 3 is 2.68 bits per heavy atom. The molecule has 25 heavy (non-hydrogen) atoms. The van der Waals surface area contributed by atoms with Gasteiger partial charge in [0.15, 0.2) is 0 Å². The molecule has 126 valence electrons. The van der Waals surface area contributed by atoms with Crippen LogP contribution in [0.25, 0.3) is 11.4 Å². The van der Waals surface area contributed by atoms with E-state index in [1.54, 1.807) is 12.4 Å². The van der Waals surface area contributed by atoms with Crippen LogP contribution in [-0.4, -0.2) is 32.5 Å². The van der Waals surface area contributed by atoms with E-state index in [2.05, 4.69) is 46.3 Å². The van der Waals surface area contributed by atoms with Crippen molar-refractivity contribution in [3.05, 3.63) is 65.8 Å². The smallest absolute Gasteiger partial charge is 0.232 e. The van der Waals surface area contributed by atoms with Gasteiger partial charge in [-0.1, -0.05) is 35.0 Å². The molecule has 0 aliphatic carbocycles. The van der Waals surface area contributed by atoms with Gasteiger partial charge < -0.3 is 9.42 Å². The van der Waals surface area contributed by atoms with Crippen molar-refractivity contribution in [2.75, 3.05) is 6.54 Å². The predicted octanol–water partition coefficient (Wildman–Crippen LogP) is 2.96. The number of aryl methyl sites for hydroxylation is 1. The Morgan fingerprint density at radius 1 is 1.16 bits per heavy atom. The van der Waals surface area contributed by atoms with Gasteiger partial charge in [-0.15, -0.1) is 0 Å². The first kappa shape index (κ1) is 15.5. The van der Waals surface area contributed by atoms with Gasteiger partial charge in [0, 0.05) is 37.5 Å². The highest BCUT2D eigenvalue weighted by Crippen LogP contribution is 2.29. The number of carbonyl (C=O) groups is 1. The van der Waals surface area contributed by atoms with Crippen LogP contribution in [0.2, 0.25) is 0 Å². The Labute approximate surface area is 145 Å². The van der Waals surface area contributed by atoms with Gasteiger partial charge in [-0.2, -0.15) is 4.98 Å². The van der Waals surface area contributed by atoms with Gasteiger partial charge >= 0.3 is 0 Å². The monoisotopic (exact) mass is 334 g/mol. The summed E-state index contributed by atoms with van der Waals surface area (Å²) in [5.41, 5.74) is 3.19. The Hall–Kier alpha value is -3.02. The Kier molecular flexibility index (Phi) is 4.01. The quantitative estimate of drug-likeness (QED) is 0.733. The fraction of sp³-hybridized carbons (Fsp3) is 0.263. The maximum atomic E-state index is 12.3. The van der Waals surface area contributed by atoms with Crippen LogP contribution in [0, 0.1) is 6.92 Å². The van der Waals surface area contributed by atoms with Crippen molar-refractivity contribution in [2.24, 2.45) is 0 Å². The molecule has 1 saturated heterocycles. The number of likely N-dealkylation sites (tertiary alicyclic amines) is 1. The molecule has 0 unspecified atom stereocenters. The molecule has 1 aromatic carbocycles. The maximum Gasteiger partial charge on any atom is 0.232 e. The van der Waals surface area contributed by atoms with Crippen molar-refractivity contribution < 1.29 is 9.32 Å². The second-order valence-electron chi connectivity index (χ2n) is 6.35. The summed E-state index contributed by atoms with van der Waals surface area (Å²) in [5, 5.41) is 4.03. The van der Waals surface area contributed by atoms with Gasteiger partial charge in [-0.25, -0.2) is 0 Å². The molecule has 2 aromatic heterocycles. The van der Waals surface area contributed by atoms with Crippen LogP contribution in [-0.2, 0) is 11.3 Å². The number of hydrogen-bond donors (Lipinski definition) is 0. The van der Waals surface area contributed by atoms with E-state index in [0.717, 1.165) is 11.1 Å². The Morgan fingerprint density at radius 2 is 1.92 bits per heavy atom. The molecular weight excluding hydrogens is 316 g/mol. The lowest BCUT2D eigenvalue weighted by Gasteiger charge is -2.16. The van der Waals surface area contributed by atoms with Crippen molar-refractivity contribution in [3.8, 4) is 11.4 Å². The molecular formula is C19H18N4O2. The number of rotatable bonds is 4. The minimum Gasteiger partial charge on any atom is -0.339 e. The lowest BCUT2D eigenvalue weighted by molar-refractivity contribution is -0.128. The summed E-state index contributed by atoms with van der Waals surface area (Å²) in [4.78, 5) is 22.6. The number of benzene rings is 1. The van der Waals surface area contributed by atoms with E-state index >= 15 is 0 Å². The summed E-state index contributed by atoms with van der Waals surface area (Å²) < 4.78 is 5.41. The molecule has 0 radical (unpaired) electrons. The third kappa shape index (κ3) is 3.28. The molecule has 0 spiro atoms. The molecule has 1 fully saturated rings. The number of hydrogen-bond acceptors (Lipinski definition) is 5. The van der Waals surface area contributed by atoms with Gasteiger partial charge in [0.05, 0.1) is 5.92 Å². The standard InChI is InChI=1S/C19H18N4O2/c1-13-2-4-14(5-3-13)11-23-12-16(10-17(23)24)19-21-18(22-25-19)15-6-8-20-9-7-15/h2-9,16H,10-12H2,1H3/t16-/m1/s1. The van der Waals surface area contributed by atoms with Gasteiger partial charge in [0.2, 0.25) is 17.6 Å². The molecule has 0 N–H and O–H groups in total. The molecule has 1 aliphatic heterocycles. The van der Waals surface area contributed by atoms with Gasteiger partial charge in [0.25, 0.3) is 0 Å². The molecule has 1 aliphatic rings. The third-order valence-electron chi connectivity index (χ3n) is 4.44. The van der Waals surface area contributed by atoms with Crippen LogP contribution in [0.1, 0.15) is 29.4 Å². The normalized spacial score (nSPS) is 17.2. The molecule has 6 nitrogen and oxygen atoms in total. The summed E-state index contributed by atoms with van der Waals surface area (Å²) in [6, 6.07) is 11.9. The highest BCUT2D eigenvalue weighted by atomic mass is 16.5. The van der Waals surface area contributed by atoms with Crippen molar-refractivity contribution in [2.45, 2.75) is 25.8 Å². The second-order valence-corrected chi connectivity index (χ2v) is 6.35. The van der Waals surface area contributed by atoms with E-state index in [9.17, 15) is 4.79 Å². The lowest BCUT2D eigenvalue weighted by atomic mass is 10.1. The topological polar surface area (TPSA) is 72.1 Å². The van der Waals surface area contributed by atoms with E-state index in [4.69, 9.17) is 4.52 Å². The van der Waals surface area contributed by atoms with E-state index < -0.39 is 0 Å². The Bertz CT molecular complexity index is 874. The zero-order valence-electron chi connectivity index (χ0n) is 13.9. The van der Waals surface area contributed by atoms with Crippen LogP contribution >= 0.6 is 0 Å². The summed E-state index contributed by atoms with van der Waals surface area (Å²) in [7, 11) is 0. The molecule has 0 bridgehead atoms. The van der Waals surface area contributed by atoms with Crippen molar-refractivity contribution in [1.82, 2.24) is 20.0 Å². The van der Waals surface area contributed by atoms with Crippen LogP contribution in [0.5, 0.6) is 0 Å². The summed E-state index contributed by atoms with van der Waals surface area (Å²) in [6.07, 6.45) is 3.78. The van der Waals surface area contributed by atoms with Gasteiger partial charge in [-0.3, -0.25) is 9.78 Å². The molecule has 6 heteroatoms. The van der Waals surface area contributed by atoms with Crippen LogP contribution < -0.4 is 0 Å². The van der Waals surface area contributed by atoms with Crippen molar-refractivity contribution in [3.63, 3.8) is 0 Å². The average Bonchev–Trinajstić information content (AvgIpc) is 3.25. The summed E-state index contributed by atoms with van der Waals surface area (Å²) in [5.74, 6) is 1.11. The van der Waals surface area contributed by atoms with Crippen LogP contribution in [0.4, 0.5) is 0 Å². The fourth-order valence-corrected chi connectivity index (χ4v) is 3.02. The largest absolute Gasteiger partial charge is 0.339 e. The first-order valence-corrected chi connectivity index (χ1v) is 8.26. The number of aromatic nitrogens is 3. The molecule has 4 rings (SSSR count). The minimum atomic E-state index is -0.0546. The highest BCUT2D eigenvalue weighted by Gasteiger charge is 2.34. The minimum absolute atomic E-state index is 0.0546. The van der Waals surface area contributed by atoms with Gasteiger partial charge in [0.1, 0.15) is 0 Å². The molecule has 0 saturated carbocycles. The Balaban J connectivity index is 1.47. The van der Waals surface area contributed by atoms with E-state index in [0.29, 0.717) is 31.2 Å². The highest BCUT2D eigenvalue weighted by molar-refractivity contribution is 5.79. The maximum absolute atomic E-state index is 12.3. The number of carbonyl (C=O) groups excluding carboxylic acids is 1. The molecule has 3 aromatic rings. The first-order valence-electron chi connectivity index (χ1n) is 8.26. The third-order valence-corrected chi connectivity index (χ3v) is 4.44. The lowest BCUT2D eigenvalue weighted by Crippen LogP contribution is -2.24. The van der Waals surface area contributed by atoms with Crippen molar-refractivity contribution >= 4 is 5.91 Å². The van der Waals surface area contributed by atoms with Crippen LogP contribution in [0.15, 0.2) is 53.3 Å². The first-order chi connectivity index (χ1) is 12.2.